The van der Waals surface area contributed by atoms with Gasteiger partial charge in [0.2, 0.25) is 0 Å². The van der Waals surface area contributed by atoms with Crippen LogP contribution in [0.4, 0.5) is 10.5 Å². The standard InChI is InChI=1S/C21H19N3O3/c1-14(15-9-11-17(12-10-15)20(25)24-27)13-22-21(26)23-19-8-4-6-16-5-2-3-7-18(16)19/h2-14,27H,1H3,(H,23,26)(H,24,25)/b22-13+. The number of rotatable bonds is 4. The van der Waals surface area contributed by atoms with E-state index < -0.39 is 11.9 Å². The van der Waals surface area contributed by atoms with Crippen LogP contribution in [0.1, 0.15) is 28.8 Å². The molecule has 0 saturated carbocycles. The zero-order valence-corrected chi connectivity index (χ0v) is 14.7. The number of hydrogen-bond acceptors (Lipinski definition) is 3. The molecule has 0 aliphatic carbocycles. The number of carbonyl (C=O) groups excluding carboxylic acids is 2. The molecule has 0 aliphatic rings. The first-order valence-corrected chi connectivity index (χ1v) is 8.46. The summed E-state index contributed by atoms with van der Waals surface area (Å²) in [5.74, 6) is -0.688. The fourth-order valence-corrected chi connectivity index (χ4v) is 2.75. The van der Waals surface area contributed by atoms with Crippen molar-refractivity contribution in [3.05, 3.63) is 77.9 Å². The molecule has 3 aromatic carbocycles. The van der Waals surface area contributed by atoms with Crippen LogP contribution in [0.5, 0.6) is 0 Å². The Kier molecular flexibility index (Phi) is 5.58. The number of benzene rings is 3. The molecule has 27 heavy (non-hydrogen) atoms. The second-order valence-electron chi connectivity index (χ2n) is 6.09. The van der Waals surface area contributed by atoms with Crippen molar-refractivity contribution in [2.75, 3.05) is 5.32 Å². The summed E-state index contributed by atoms with van der Waals surface area (Å²) in [6, 6.07) is 19.8. The maximum absolute atomic E-state index is 12.2. The van der Waals surface area contributed by atoms with Crippen molar-refractivity contribution in [2.24, 2.45) is 4.99 Å². The van der Waals surface area contributed by atoms with Gasteiger partial charge in [-0.1, -0.05) is 55.5 Å². The van der Waals surface area contributed by atoms with E-state index in [1.807, 2.05) is 49.4 Å². The van der Waals surface area contributed by atoms with Gasteiger partial charge in [0.15, 0.2) is 0 Å². The Morgan fingerprint density at radius 1 is 1.00 bits per heavy atom. The maximum Gasteiger partial charge on any atom is 0.345 e. The number of nitrogens with zero attached hydrogens (tertiary/aromatic N) is 1. The second-order valence-corrected chi connectivity index (χ2v) is 6.09. The monoisotopic (exact) mass is 361 g/mol. The minimum atomic E-state index is -0.572. The van der Waals surface area contributed by atoms with E-state index in [-0.39, 0.29) is 5.92 Å². The maximum atomic E-state index is 12.2. The first-order chi connectivity index (χ1) is 13.1. The molecule has 0 saturated heterocycles. The largest absolute Gasteiger partial charge is 0.345 e. The fourth-order valence-electron chi connectivity index (χ4n) is 2.75. The lowest BCUT2D eigenvalue weighted by Gasteiger charge is -2.08. The molecule has 6 nitrogen and oxygen atoms in total. The van der Waals surface area contributed by atoms with Crippen LogP contribution in [0.3, 0.4) is 0 Å². The normalized spacial score (nSPS) is 12.1. The number of fused-ring (bicyclic) bond motifs is 1. The molecule has 0 radical (unpaired) electrons. The molecular formula is C21H19N3O3. The van der Waals surface area contributed by atoms with Gasteiger partial charge in [-0.15, -0.1) is 0 Å². The van der Waals surface area contributed by atoms with Crippen LogP contribution >= 0.6 is 0 Å². The van der Waals surface area contributed by atoms with Gasteiger partial charge in [0.25, 0.3) is 5.91 Å². The van der Waals surface area contributed by atoms with E-state index in [0.29, 0.717) is 11.3 Å². The lowest BCUT2D eigenvalue weighted by atomic mass is 10.0. The van der Waals surface area contributed by atoms with E-state index in [9.17, 15) is 9.59 Å². The average molecular weight is 361 g/mol. The number of hydrogen-bond donors (Lipinski definition) is 3. The van der Waals surface area contributed by atoms with Gasteiger partial charge in [-0.3, -0.25) is 10.0 Å². The molecule has 0 bridgehead atoms. The summed E-state index contributed by atoms with van der Waals surface area (Å²) in [5.41, 5.74) is 3.54. The van der Waals surface area contributed by atoms with Crippen LogP contribution < -0.4 is 10.8 Å². The summed E-state index contributed by atoms with van der Waals surface area (Å²) in [6.45, 7) is 1.90. The van der Waals surface area contributed by atoms with Gasteiger partial charge in [0.1, 0.15) is 0 Å². The lowest BCUT2D eigenvalue weighted by Crippen LogP contribution is -2.18. The molecule has 0 spiro atoms. The topological polar surface area (TPSA) is 90.8 Å². The molecule has 136 valence electrons. The number of hydroxylamine groups is 1. The van der Waals surface area contributed by atoms with E-state index >= 15 is 0 Å². The highest BCUT2D eigenvalue weighted by Crippen LogP contribution is 2.23. The number of amides is 3. The zero-order valence-electron chi connectivity index (χ0n) is 14.7. The summed E-state index contributed by atoms with van der Waals surface area (Å²) in [4.78, 5) is 27.5. The van der Waals surface area contributed by atoms with Gasteiger partial charge in [-0.25, -0.2) is 15.3 Å². The van der Waals surface area contributed by atoms with Gasteiger partial charge in [0, 0.05) is 23.1 Å². The quantitative estimate of drug-likeness (QED) is 0.366. The molecular weight excluding hydrogens is 342 g/mol. The van der Waals surface area contributed by atoms with E-state index in [1.54, 1.807) is 36.0 Å². The highest BCUT2D eigenvalue weighted by Gasteiger charge is 2.08. The van der Waals surface area contributed by atoms with Crippen molar-refractivity contribution in [1.29, 1.82) is 0 Å². The number of aliphatic imine (C=N–C) groups is 1. The van der Waals surface area contributed by atoms with E-state index in [2.05, 4.69) is 10.3 Å². The third-order valence-electron chi connectivity index (χ3n) is 4.25. The van der Waals surface area contributed by atoms with Gasteiger partial charge in [0.05, 0.1) is 5.69 Å². The first-order valence-electron chi connectivity index (χ1n) is 8.46. The van der Waals surface area contributed by atoms with Crippen LogP contribution in [0.25, 0.3) is 10.8 Å². The molecule has 3 rings (SSSR count). The Morgan fingerprint density at radius 2 is 1.70 bits per heavy atom. The van der Waals surface area contributed by atoms with Crippen molar-refractivity contribution >= 4 is 34.6 Å². The van der Waals surface area contributed by atoms with Crippen LogP contribution in [0.2, 0.25) is 0 Å². The smallest absolute Gasteiger partial charge is 0.305 e. The van der Waals surface area contributed by atoms with Crippen molar-refractivity contribution in [3.63, 3.8) is 0 Å². The predicted octanol–water partition coefficient (Wildman–Crippen LogP) is 4.37. The SMILES string of the molecule is CC(/C=N/C(=O)Nc1cccc2ccccc12)c1ccc(C(=O)NO)cc1. The fraction of sp³-hybridized carbons (Fsp3) is 0.0952. The molecule has 0 aliphatic heterocycles. The van der Waals surface area contributed by atoms with Crippen molar-refractivity contribution < 1.29 is 14.8 Å². The third kappa shape index (κ3) is 4.37. The molecule has 1 atom stereocenters. The average Bonchev–Trinajstić information content (AvgIpc) is 2.72. The van der Waals surface area contributed by atoms with Gasteiger partial charge in [-0.2, -0.15) is 0 Å². The van der Waals surface area contributed by atoms with E-state index in [0.717, 1.165) is 16.3 Å². The van der Waals surface area contributed by atoms with Crippen molar-refractivity contribution in [3.8, 4) is 0 Å². The molecule has 1 unspecified atom stereocenters. The Labute approximate surface area is 156 Å². The minimum absolute atomic E-state index is 0.116. The highest BCUT2D eigenvalue weighted by atomic mass is 16.5. The number of urea groups is 1. The number of carbonyl (C=O) groups is 2. The molecule has 3 aromatic rings. The summed E-state index contributed by atoms with van der Waals surface area (Å²) >= 11 is 0. The summed E-state index contributed by atoms with van der Waals surface area (Å²) < 4.78 is 0. The Morgan fingerprint density at radius 3 is 2.44 bits per heavy atom. The lowest BCUT2D eigenvalue weighted by molar-refractivity contribution is 0.0706. The first kappa shape index (κ1) is 18.3. The second kappa shape index (κ2) is 8.25. The Hall–Kier alpha value is -3.51. The molecule has 0 heterocycles. The van der Waals surface area contributed by atoms with Gasteiger partial charge >= 0.3 is 6.03 Å². The summed E-state index contributed by atoms with van der Waals surface area (Å²) in [6.07, 6.45) is 1.56. The van der Waals surface area contributed by atoms with Crippen LogP contribution in [-0.4, -0.2) is 23.4 Å². The molecule has 3 amide bonds. The van der Waals surface area contributed by atoms with Gasteiger partial charge < -0.3 is 5.32 Å². The predicted molar refractivity (Wildman–Crippen MR) is 106 cm³/mol. The highest BCUT2D eigenvalue weighted by molar-refractivity contribution is 6.03. The van der Waals surface area contributed by atoms with Crippen LogP contribution in [0, 0.1) is 0 Å². The molecule has 6 heteroatoms. The van der Waals surface area contributed by atoms with Gasteiger partial charge in [-0.05, 0) is 29.1 Å². The van der Waals surface area contributed by atoms with E-state index in [1.165, 1.54) is 0 Å². The Bertz CT molecular complexity index is 992. The molecule has 3 N–H and O–H groups in total. The van der Waals surface area contributed by atoms with Crippen LogP contribution in [-0.2, 0) is 0 Å². The minimum Gasteiger partial charge on any atom is -0.305 e. The van der Waals surface area contributed by atoms with Crippen LogP contribution in [0.15, 0.2) is 71.7 Å². The number of anilines is 1. The molecule has 0 aromatic heterocycles. The van der Waals surface area contributed by atoms with E-state index in [4.69, 9.17) is 5.21 Å². The van der Waals surface area contributed by atoms with Crippen molar-refractivity contribution in [2.45, 2.75) is 12.8 Å². The zero-order chi connectivity index (χ0) is 19.2. The molecule has 0 fully saturated rings. The number of nitrogens with one attached hydrogen (secondary N) is 2. The summed E-state index contributed by atoms with van der Waals surface area (Å²) in [7, 11) is 0. The van der Waals surface area contributed by atoms with Crippen molar-refractivity contribution in [1.82, 2.24) is 5.48 Å². The third-order valence-corrected chi connectivity index (χ3v) is 4.25. The summed E-state index contributed by atoms with van der Waals surface area (Å²) in [5, 5.41) is 13.4. The Balaban J connectivity index is 1.68.